The summed E-state index contributed by atoms with van der Waals surface area (Å²) in [5, 5.41) is 12.0. The number of amides is 1. The Bertz CT molecular complexity index is 273. The molecule has 3 rings (SSSR count). The highest BCUT2D eigenvalue weighted by Gasteiger charge is 2.67. The molecule has 3 aliphatic rings. The topological polar surface area (TPSA) is 49.3 Å². The molecule has 0 aliphatic heterocycles. The second-order valence-corrected chi connectivity index (χ2v) is 5.61. The van der Waals surface area contributed by atoms with Crippen molar-refractivity contribution in [2.75, 3.05) is 6.54 Å². The number of fused-ring (bicyclic) bond motifs is 5. The van der Waals surface area contributed by atoms with Crippen LogP contribution in [-0.4, -0.2) is 23.7 Å². The van der Waals surface area contributed by atoms with E-state index in [0.717, 1.165) is 11.8 Å². The lowest BCUT2D eigenvalue weighted by molar-refractivity contribution is -0.123. The van der Waals surface area contributed by atoms with Gasteiger partial charge in [-0.2, -0.15) is 0 Å². The van der Waals surface area contributed by atoms with Crippen LogP contribution in [0.5, 0.6) is 0 Å². The van der Waals surface area contributed by atoms with Crippen molar-refractivity contribution in [3.63, 3.8) is 0 Å². The molecule has 0 spiro atoms. The summed E-state index contributed by atoms with van der Waals surface area (Å²) in [5.41, 5.74) is 0. The van der Waals surface area contributed by atoms with Gasteiger partial charge in [-0.25, -0.2) is 0 Å². The molecule has 2 bridgehead atoms. The molecule has 3 saturated carbocycles. The Balaban J connectivity index is 1.56. The summed E-state index contributed by atoms with van der Waals surface area (Å²) >= 11 is 0. The number of hydrogen-bond donors (Lipinski definition) is 2. The van der Waals surface area contributed by atoms with Crippen molar-refractivity contribution in [2.45, 2.75) is 32.3 Å². The summed E-state index contributed by atoms with van der Waals surface area (Å²) in [5.74, 6) is 3.61. The number of nitrogens with one attached hydrogen (secondary N) is 1. The van der Waals surface area contributed by atoms with Gasteiger partial charge in [-0.15, -0.1) is 0 Å². The molecule has 0 aromatic rings. The normalized spacial score (nSPS) is 47.5. The van der Waals surface area contributed by atoms with Crippen molar-refractivity contribution < 1.29 is 9.90 Å². The Labute approximate surface area is 90.2 Å². The van der Waals surface area contributed by atoms with E-state index in [1.54, 1.807) is 6.92 Å². The Morgan fingerprint density at radius 3 is 2.53 bits per heavy atom. The molecule has 84 valence electrons. The second-order valence-electron chi connectivity index (χ2n) is 5.61. The first kappa shape index (κ1) is 9.64. The van der Waals surface area contributed by atoms with Crippen LogP contribution >= 0.6 is 0 Å². The number of rotatable bonds is 3. The highest BCUT2D eigenvalue weighted by atomic mass is 16.3. The fourth-order valence-corrected chi connectivity index (χ4v) is 4.04. The average molecular weight is 209 g/mol. The number of hydrogen-bond acceptors (Lipinski definition) is 2. The lowest BCUT2D eigenvalue weighted by atomic mass is 10.0. The van der Waals surface area contributed by atoms with Crippen molar-refractivity contribution in [1.82, 2.24) is 5.32 Å². The molecule has 15 heavy (non-hydrogen) atoms. The maximum absolute atomic E-state index is 11.8. The van der Waals surface area contributed by atoms with Crippen LogP contribution in [0.4, 0.5) is 0 Å². The van der Waals surface area contributed by atoms with E-state index >= 15 is 0 Å². The Hall–Kier alpha value is -0.570. The molecule has 1 amide bonds. The van der Waals surface area contributed by atoms with Gasteiger partial charge in [0.25, 0.3) is 0 Å². The molecule has 4 unspecified atom stereocenters. The molecule has 0 radical (unpaired) electrons. The SMILES string of the molecule is C[C@@H](O)CNC(=O)C1C2C3CCC(C3)C12. The van der Waals surface area contributed by atoms with Gasteiger partial charge in [0.1, 0.15) is 0 Å². The summed E-state index contributed by atoms with van der Waals surface area (Å²) in [7, 11) is 0. The van der Waals surface area contributed by atoms with Gasteiger partial charge in [-0.1, -0.05) is 0 Å². The Morgan fingerprint density at radius 2 is 2.00 bits per heavy atom. The summed E-state index contributed by atoms with van der Waals surface area (Å²) in [6.45, 7) is 2.11. The molecule has 0 aromatic heterocycles. The molecule has 0 saturated heterocycles. The van der Waals surface area contributed by atoms with Crippen LogP contribution in [-0.2, 0) is 4.79 Å². The Morgan fingerprint density at radius 1 is 1.40 bits per heavy atom. The summed E-state index contributed by atoms with van der Waals surface area (Å²) in [6.07, 6.45) is 3.66. The molecule has 3 fully saturated rings. The van der Waals surface area contributed by atoms with E-state index in [1.807, 2.05) is 0 Å². The first-order valence-electron chi connectivity index (χ1n) is 6.14. The fraction of sp³-hybridized carbons (Fsp3) is 0.917. The minimum absolute atomic E-state index is 0.197. The lowest BCUT2D eigenvalue weighted by Gasteiger charge is -2.10. The largest absolute Gasteiger partial charge is 0.392 e. The van der Waals surface area contributed by atoms with Crippen molar-refractivity contribution >= 4 is 5.91 Å². The zero-order valence-corrected chi connectivity index (χ0v) is 9.15. The van der Waals surface area contributed by atoms with Gasteiger partial charge in [0.05, 0.1) is 6.10 Å². The molecule has 2 N–H and O–H groups in total. The summed E-state index contributed by atoms with van der Waals surface area (Å²) in [6, 6.07) is 0. The minimum Gasteiger partial charge on any atom is -0.392 e. The zero-order valence-electron chi connectivity index (χ0n) is 9.15. The number of carbonyl (C=O) groups excluding carboxylic acids is 1. The van der Waals surface area contributed by atoms with Crippen LogP contribution in [0.3, 0.4) is 0 Å². The standard InChI is InChI=1S/C12H19NO2/c1-6(14)5-13-12(15)11-9-7-2-3-8(4-7)10(9)11/h6-11,14H,2-5H2,1H3,(H,13,15)/t6-,7?,8?,9?,10?,11?/m1/s1. The highest BCUT2D eigenvalue weighted by molar-refractivity contribution is 5.82. The van der Waals surface area contributed by atoms with E-state index in [0.29, 0.717) is 24.3 Å². The van der Waals surface area contributed by atoms with Gasteiger partial charge in [-0.3, -0.25) is 4.79 Å². The molecule has 5 atom stereocenters. The maximum Gasteiger partial charge on any atom is 0.223 e. The summed E-state index contributed by atoms with van der Waals surface area (Å²) < 4.78 is 0. The smallest absolute Gasteiger partial charge is 0.223 e. The molecule has 3 nitrogen and oxygen atoms in total. The van der Waals surface area contributed by atoms with E-state index < -0.39 is 6.10 Å². The van der Waals surface area contributed by atoms with Crippen molar-refractivity contribution in [3.05, 3.63) is 0 Å². The van der Waals surface area contributed by atoms with Crippen LogP contribution in [0.15, 0.2) is 0 Å². The van der Waals surface area contributed by atoms with Crippen LogP contribution in [0.2, 0.25) is 0 Å². The van der Waals surface area contributed by atoms with E-state index in [4.69, 9.17) is 5.11 Å². The lowest BCUT2D eigenvalue weighted by Crippen LogP contribution is -2.33. The first-order chi connectivity index (χ1) is 7.18. The molecular formula is C12H19NO2. The predicted molar refractivity (Wildman–Crippen MR) is 56.0 cm³/mol. The quantitative estimate of drug-likeness (QED) is 0.721. The number of aliphatic hydroxyl groups excluding tert-OH is 1. The second kappa shape index (κ2) is 3.21. The third-order valence-electron chi connectivity index (χ3n) is 4.61. The highest BCUT2D eigenvalue weighted by Crippen LogP contribution is 2.69. The third-order valence-corrected chi connectivity index (χ3v) is 4.61. The van der Waals surface area contributed by atoms with Crippen LogP contribution in [0.25, 0.3) is 0 Å². The van der Waals surface area contributed by atoms with Gasteiger partial charge in [0.2, 0.25) is 5.91 Å². The zero-order chi connectivity index (χ0) is 10.6. The summed E-state index contributed by atoms with van der Waals surface area (Å²) in [4.78, 5) is 11.8. The molecule has 0 heterocycles. The number of carbonyl (C=O) groups is 1. The first-order valence-corrected chi connectivity index (χ1v) is 6.14. The Kier molecular flexibility index (Phi) is 2.06. The van der Waals surface area contributed by atoms with E-state index in [-0.39, 0.29) is 5.91 Å². The van der Waals surface area contributed by atoms with Gasteiger partial charge in [-0.05, 0) is 49.9 Å². The predicted octanol–water partition coefficient (Wildman–Crippen LogP) is 0.775. The minimum atomic E-state index is -0.427. The van der Waals surface area contributed by atoms with Gasteiger partial charge < -0.3 is 10.4 Å². The van der Waals surface area contributed by atoms with Crippen molar-refractivity contribution in [2.24, 2.45) is 29.6 Å². The van der Waals surface area contributed by atoms with E-state index in [1.165, 1.54) is 19.3 Å². The number of aliphatic hydroxyl groups is 1. The van der Waals surface area contributed by atoms with Crippen LogP contribution in [0.1, 0.15) is 26.2 Å². The van der Waals surface area contributed by atoms with Gasteiger partial charge in [0.15, 0.2) is 0 Å². The van der Waals surface area contributed by atoms with Crippen molar-refractivity contribution in [1.29, 1.82) is 0 Å². The van der Waals surface area contributed by atoms with Gasteiger partial charge >= 0.3 is 0 Å². The maximum atomic E-state index is 11.8. The van der Waals surface area contributed by atoms with E-state index in [2.05, 4.69) is 5.32 Å². The molecular weight excluding hydrogens is 190 g/mol. The molecule has 3 aliphatic carbocycles. The third kappa shape index (κ3) is 1.40. The van der Waals surface area contributed by atoms with Crippen molar-refractivity contribution in [3.8, 4) is 0 Å². The monoisotopic (exact) mass is 209 g/mol. The fourth-order valence-electron chi connectivity index (χ4n) is 4.04. The molecule has 3 heteroatoms. The van der Waals surface area contributed by atoms with Crippen LogP contribution in [0, 0.1) is 29.6 Å². The molecule has 0 aromatic carbocycles. The van der Waals surface area contributed by atoms with Crippen LogP contribution < -0.4 is 5.32 Å². The average Bonchev–Trinajstić information content (AvgIpc) is 2.64. The van der Waals surface area contributed by atoms with E-state index in [9.17, 15) is 4.79 Å². The van der Waals surface area contributed by atoms with Gasteiger partial charge in [0, 0.05) is 12.5 Å².